The van der Waals surface area contributed by atoms with E-state index in [1.807, 2.05) is 6.07 Å². The second-order valence-electron chi connectivity index (χ2n) is 2.88. The van der Waals surface area contributed by atoms with Gasteiger partial charge in [-0.05, 0) is 34.2 Å². The molecular formula is C10H9IN2. The Morgan fingerprint density at radius 1 is 1.23 bits per heavy atom. The molecule has 2 aromatic rings. The number of halogens is 1. The van der Waals surface area contributed by atoms with Gasteiger partial charge in [-0.15, -0.1) is 0 Å². The van der Waals surface area contributed by atoms with E-state index < -0.39 is 0 Å². The lowest BCUT2D eigenvalue weighted by Gasteiger charge is -1.96. The summed E-state index contributed by atoms with van der Waals surface area (Å²) in [7, 11) is 0. The zero-order chi connectivity index (χ0) is 9.10. The van der Waals surface area contributed by atoms with Crippen molar-refractivity contribution in [3.05, 3.63) is 51.4 Å². The van der Waals surface area contributed by atoms with Crippen LogP contribution in [0.5, 0.6) is 0 Å². The summed E-state index contributed by atoms with van der Waals surface area (Å²) in [6, 6.07) is 12.4. The first kappa shape index (κ1) is 8.74. The minimum absolute atomic E-state index is 0.927. The molecule has 0 amide bonds. The summed E-state index contributed by atoms with van der Waals surface area (Å²) >= 11 is 2.20. The van der Waals surface area contributed by atoms with Crippen LogP contribution in [0.4, 0.5) is 0 Å². The van der Waals surface area contributed by atoms with Crippen molar-refractivity contribution in [2.75, 3.05) is 0 Å². The van der Waals surface area contributed by atoms with E-state index in [4.69, 9.17) is 0 Å². The van der Waals surface area contributed by atoms with E-state index in [2.05, 4.69) is 63.1 Å². The minimum Gasteiger partial charge on any atom is -0.281 e. The van der Waals surface area contributed by atoms with E-state index in [-0.39, 0.29) is 0 Å². The monoisotopic (exact) mass is 284 g/mol. The molecule has 13 heavy (non-hydrogen) atoms. The maximum Gasteiger partial charge on any atom is 0.123 e. The Bertz CT molecular complexity index is 381. The maximum absolute atomic E-state index is 4.07. The van der Waals surface area contributed by atoms with Gasteiger partial charge in [0.25, 0.3) is 0 Å². The molecule has 0 atom stereocenters. The van der Waals surface area contributed by atoms with Gasteiger partial charge in [-0.3, -0.25) is 5.10 Å². The number of aromatic amines is 1. The maximum atomic E-state index is 4.07. The second-order valence-corrected chi connectivity index (χ2v) is 3.98. The lowest BCUT2D eigenvalue weighted by molar-refractivity contribution is 0.988. The van der Waals surface area contributed by atoms with Crippen molar-refractivity contribution in [1.82, 2.24) is 10.2 Å². The lowest BCUT2D eigenvalue weighted by atomic mass is 10.1. The predicted octanol–water partition coefficient (Wildman–Crippen LogP) is 2.61. The molecule has 1 aromatic carbocycles. The summed E-state index contributed by atoms with van der Waals surface area (Å²) < 4.78 is 1.02. The van der Waals surface area contributed by atoms with Crippen LogP contribution in [0.3, 0.4) is 0 Å². The average molecular weight is 284 g/mol. The van der Waals surface area contributed by atoms with Gasteiger partial charge < -0.3 is 0 Å². The van der Waals surface area contributed by atoms with E-state index in [0.717, 1.165) is 15.8 Å². The largest absolute Gasteiger partial charge is 0.281 e. The van der Waals surface area contributed by atoms with Gasteiger partial charge in [-0.2, -0.15) is 5.10 Å². The molecule has 0 aliphatic heterocycles. The number of hydrogen-bond acceptors (Lipinski definition) is 1. The molecule has 2 nitrogen and oxygen atoms in total. The smallest absolute Gasteiger partial charge is 0.123 e. The van der Waals surface area contributed by atoms with Crippen LogP contribution in [0.2, 0.25) is 0 Å². The Kier molecular flexibility index (Phi) is 2.63. The topological polar surface area (TPSA) is 28.7 Å². The summed E-state index contributed by atoms with van der Waals surface area (Å²) in [5.74, 6) is 0. The lowest BCUT2D eigenvalue weighted by Crippen LogP contribution is -1.86. The molecule has 0 saturated carbocycles. The van der Waals surface area contributed by atoms with E-state index in [9.17, 15) is 0 Å². The van der Waals surface area contributed by atoms with E-state index in [0.29, 0.717) is 0 Å². The Morgan fingerprint density at radius 3 is 2.62 bits per heavy atom. The highest BCUT2D eigenvalue weighted by Gasteiger charge is 1.98. The molecule has 0 spiro atoms. The SMILES string of the molecule is Ic1cc(Cc2ccccc2)[nH]n1. The molecule has 0 saturated heterocycles. The molecule has 1 heterocycles. The van der Waals surface area contributed by atoms with Crippen molar-refractivity contribution < 1.29 is 0 Å². The standard InChI is InChI=1S/C10H9IN2/c11-10-7-9(12-13-10)6-8-4-2-1-3-5-8/h1-5,7H,6H2,(H,12,13). The van der Waals surface area contributed by atoms with Crippen LogP contribution in [0.25, 0.3) is 0 Å². The summed E-state index contributed by atoms with van der Waals surface area (Å²) in [5, 5.41) is 7.07. The summed E-state index contributed by atoms with van der Waals surface area (Å²) in [4.78, 5) is 0. The summed E-state index contributed by atoms with van der Waals surface area (Å²) in [6.07, 6.45) is 0.927. The zero-order valence-electron chi connectivity index (χ0n) is 7.00. The fourth-order valence-corrected chi connectivity index (χ4v) is 1.74. The third-order valence-corrected chi connectivity index (χ3v) is 2.39. The van der Waals surface area contributed by atoms with Crippen molar-refractivity contribution in [1.29, 1.82) is 0 Å². The van der Waals surface area contributed by atoms with Crippen LogP contribution < -0.4 is 0 Å². The molecule has 0 aliphatic rings. The fraction of sp³-hybridized carbons (Fsp3) is 0.100. The summed E-state index contributed by atoms with van der Waals surface area (Å²) in [5.41, 5.74) is 2.47. The molecule has 66 valence electrons. The number of benzene rings is 1. The minimum atomic E-state index is 0.927. The Hall–Kier alpha value is -0.840. The first-order valence-corrected chi connectivity index (χ1v) is 5.16. The highest BCUT2D eigenvalue weighted by atomic mass is 127. The number of rotatable bonds is 2. The summed E-state index contributed by atoms with van der Waals surface area (Å²) in [6.45, 7) is 0. The van der Waals surface area contributed by atoms with Gasteiger partial charge in [0.05, 0.1) is 0 Å². The molecule has 0 unspecified atom stereocenters. The number of nitrogens with one attached hydrogen (secondary N) is 1. The first-order valence-electron chi connectivity index (χ1n) is 4.08. The van der Waals surface area contributed by atoms with Gasteiger partial charge in [-0.1, -0.05) is 30.3 Å². The fourth-order valence-electron chi connectivity index (χ4n) is 1.24. The van der Waals surface area contributed by atoms with Crippen molar-refractivity contribution in [2.45, 2.75) is 6.42 Å². The quantitative estimate of drug-likeness (QED) is 0.844. The van der Waals surface area contributed by atoms with Crippen LogP contribution in [0.1, 0.15) is 11.3 Å². The molecule has 1 aromatic heterocycles. The third kappa shape index (κ3) is 2.30. The van der Waals surface area contributed by atoms with Crippen LogP contribution >= 0.6 is 22.6 Å². The molecule has 0 bridgehead atoms. The highest BCUT2D eigenvalue weighted by Crippen LogP contribution is 2.08. The van der Waals surface area contributed by atoms with Crippen LogP contribution in [-0.2, 0) is 6.42 Å². The zero-order valence-corrected chi connectivity index (χ0v) is 9.15. The molecule has 0 fully saturated rings. The van der Waals surface area contributed by atoms with Crippen molar-refractivity contribution in [3.63, 3.8) is 0 Å². The van der Waals surface area contributed by atoms with Crippen molar-refractivity contribution in [3.8, 4) is 0 Å². The molecule has 1 N–H and O–H groups in total. The Balaban J connectivity index is 2.15. The molecule has 2 rings (SSSR count). The van der Waals surface area contributed by atoms with Crippen LogP contribution in [0, 0.1) is 3.70 Å². The normalized spacial score (nSPS) is 10.2. The van der Waals surface area contributed by atoms with Gasteiger partial charge >= 0.3 is 0 Å². The van der Waals surface area contributed by atoms with E-state index in [1.54, 1.807) is 0 Å². The molecule has 0 aliphatic carbocycles. The first-order chi connectivity index (χ1) is 6.34. The number of hydrogen-bond donors (Lipinski definition) is 1. The van der Waals surface area contributed by atoms with Crippen molar-refractivity contribution >= 4 is 22.6 Å². The molecule has 3 heteroatoms. The average Bonchev–Trinajstić information content (AvgIpc) is 2.53. The highest BCUT2D eigenvalue weighted by molar-refractivity contribution is 14.1. The Labute approximate surface area is 90.5 Å². The number of nitrogens with zero attached hydrogens (tertiary/aromatic N) is 1. The predicted molar refractivity (Wildman–Crippen MR) is 60.6 cm³/mol. The number of H-pyrrole nitrogens is 1. The van der Waals surface area contributed by atoms with Gasteiger partial charge in [0.2, 0.25) is 0 Å². The Morgan fingerprint density at radius 2 is 2.00 bits per heavy atom. The van der Waals surface area contributed by atoms with Crippen molar-refractivity contribution in [2.24, 2.45) is 0 Å². The van der Waals surface area contributed by atoms with Gasteiger partial charge in [0.15, 0.2) is 0 Å². The molecule has 0 radical (unpaired) electrons. The van der Waals surface area contributed by atoms with Gasteiger partial charge in [-0.25, -0.2) is 0 Å². The van der Waals surface area contributed by atoms with E-state index in [1.165, 1.54) is 5.56 Å². The van der Waals surface area contributed by atoms with Crippen LogP contribution in [0.15, 0.2) is 36.4 Å². The molecular weight excluding hydrogens is 275 g/mol. The van der Waals surface area contributed by atoms with Crippen LogP contribution in [-0.4, -0.2) is 10.2 Å². The number of aromatic nitrogens is 2. The van der Waals surface area contributed by atoms with Gasteiger partial charge in [0, 0.05) is 12.1 Å². The van der Waals surface area contributed by atoms with E-state index >= 15 is 0 Å². The van der Waals surface area contributed by atoms with Gasteiger partial charge in [0.1, 0.15) is 3.70 Å². The second kappa shape index (κ2) is 3.91. The third-order valence-electron chi connectivity index (χ3n) is 1.84.